The highest BCUT2D eigenvalue weighted by Crippen LogP contribution is 2.21. The van der Waals surface area contributed by atoms with Gasteiger partial charge in [0.25, 0.3) is 0 Å². The molecule has 1 aromatic carbocycles. The molecule has 2 heterocycles. The zero-order chi connectivity index (χ0) is 16.9. The molecule has 0 spiro atoms. The van der Waals surface area contributed by atoms with Crippen LogP contribution >= 0.6 is 23.6 Å². The third-order valence-electron chi connectivity index (χ3n) is 3.29. The number of fused-ring (bicyclic) bond motifs is 1. The first-order chi connectivity index (χ1) is 11.6. The number of carbonyl (C=O) groups is 1. The Kier molecular flexibility index (Phi) is 4.98. The molecule has 0 fully saturated rings. The smallest absolute Gasteiger partial charge is 0.250 e. The Morgan fingerprint density at radius 3 is 2.88 bits per heavy atom. The van der Waals surface area contributed by atoms with Crippen molar-refractivity contribution < 1.29 is 4.79 Å². The number of rotatable bonds is 3. The van der Waals surface area contributed by atoms with Crippen LogP contribution in [0.4, 0.5) is 5.69 Å². The second kappa shape index (κ2) is 7.33. The van der Waals surface area contributed by atoms with Gasteiger partial charge in [-0.05, 0) is 48.8 Å². The van der Waals surface area contributed by atoms with E-state index in [1.54, 1.807) is 17.4 Å². The number of hydrogen-bond acceptors (Lipinski definition) is 4. The normalized spacial score (nSPS) is 10.9. The van der Waals surface area contributed by atoms with E-state index in [1.807, 2.05) is 54.8 Å². The Hall–Kier alpha value is -2.57. The highest BCUT2D eigenvalue weighted by molar-refractivity contribution is 7.80. The van der Waals surface area contributed by atoms with Crippen LogP contribution in [0.3, 0.4) is 0 Å². The van der Waals surface area contributed by atoms with Crippen molar-refractivity contribution in [2.24, 2.45) is 0 Å². The van der Waals surface area contributed by atoms with Gasteiger partial charge in [0.2, 0.25) is 5.91 Å². The molecule has 3 rings (SSSR count). The van der Waals surface area contributed by atoms with Gasteiger partial charge >= 0.3 is 0 Å². The van der Waals surface area contributed by atoms with Crippen molar-refractivity contribution in [2.75, 3.05) is 5.32 Å². The maximum absolute atomic E-state index is 11.9. The lowest BCUT2D eigenvalue weighted by atomic mass is 10.2. The molecule has 6 heteroatoms. The number of hydrogen-bond donors (Lipinski definition) is 2. The third-order valence-corrected chi connectivity index (χ3v) is 4.33. The molecule has 0 aliphatic carbocycles. The average Bonchev–Trinajstić information content (AvgIpc) is 3.07. The van der Waals surface area contributed by atoms with Crippen molar-refractivity contribution in [3.05, 3.63) is 64.5 Å². The summed E-state index contributed by atoms with van der Waals surface area (Å²) in [6.45, 7) is 1.94. The van der Waals surface area contributed by atoms with Crippen LogP contribution in [-0.2, 0) is 4.79 Å². The van der Waals surface area contributed by atoms with E-state index in [1.165, 1.54) is 6.08 Å². The lowest BCUT2D eigenvalue weighted by molar-refractivity contribution is -0.115. The molecule has 120 valence electrons. The molecule has 2 N–H and O–H groups in total. The van der Waals surface area contributed by atoms with Gasteiger partial charge in [0, 0.05) is 22.0 Å². The van der Waals surface area contributed by atoms with E-state index in [0.29, 0.717) is 0 Å². The number of carbonyl (C=O) groups excluding carboxylic acids is 1. The predicted octanol–water partition coefficient (Wildman–Crippen LogP) is 4.13. The van der Waals surface area contributed by atoms with Gasteiger partial charge < -0.3 is 5.32 Å². The van der Waals surface area contributed by atoms with Crippen molar-refractivity contribution in [3.63, 3.8) is 0 Å². The molecule has 0 saturated heterocycles. The molecule has 0 aliphatic rings. The van der Waals surface area contributed by atoms with E-state index in [-0.39, 0.29) is 11.0 Å². The highest BCUT2D eigenvalue weighted by atomic mass is 32.1. The highest BCUT2D eigenvalue weighted by Gasteiger charge is 2.06. The molecule has 4 nitrogen and oxygen atoms in total. The van der Waals surface area contributed by atoms with Gasteiger partial charge in [-0.1, -0.05) is 24.3 Å². The van der Waals surface area contributed by atoms with Gasteiger partial charge in [0.05, 0.1) is 11.2 Å². The first-order valence-electron chi connectivity index (χ1n) is 7.32. The van der Waals surface area contributed by atoms with E-state index in [9.17, 15) is 4.79 Å². The van der Waals surface area contributed by atoms with Crippen molar-refractivity contribution in [3.8, 4) is 0 Å². The van der Waals surface area contributed by atoms with Crippen LogP contribution in [-0.4, -0.2) is 16.0 Å². The lowest BCUT2D eigenvalue weighted by Gasteiger charge is -2.10. The van der Waals surface area contributed by atoms with Gasteiger partial charge in [-0.3, -0.25) is 15.1 Å². The van der Waals surface area contributed by atoms with Crippen molar-refractivity contribution in [2.45, 2.75) is 6.92 Å². The summed E-state index contributed by atoms with van der Waals surface area (Å²) in [6, 6.07) is 13.6. The number of amides is 1. The van der Waals surface area contributed by atoms with Gasteiger partial charge in [-0.25, -0.2) is 0 Å². The van der Waals surface area contributed by atoms with Crippen LogP contribution in [0.25, 0.3) is 17.0 Å². The molecule has 0 saturated carbocycles. The third kappa shape index (κ3) is 4.04. The number of nitrogens with one attached hydrogen (secondary N) is 2. The molecule has 1 amide bonds. The number of pyridine rings is 1. The number of aryl methyl sites for hydroxylation is 1. The van der Waals surface area contributed by atoms with Gasteiger partial charge in [-0.15, -0.1) is 11.3 Å². The standard InChI is InChI=1S/C18H15N3OS2/c1-12-7-8-13-4-2-6-15(17(13)19-12)20-18(23)21-16(22)10-9-14-5-3-11-24-14/h2-11H,1H3,(H2,20,21,22,23)/b10-9+. The Labute approximate surface area is 149 Å². The van der Waals surface area contributed by atoms with E-state index in [4.69, 9.17) is 12.2 Å². The van der Waals surface area contributed by atoms with Crippen molar-refractivity contribution in [1.29, 1.82) is 0 Å². The summed E-state index contributed by atoms with van der Waals surface area (Å²) in [5.41, 5.74) is 2.51. The Balaban J connectivity index is 1.69. The summed E-state index contributed by atoms with van der Waals surface area (Å²) in [5, 5.41) is 8.89. The first-order valence-corrected chi connectivity index (χ1v) is 8.60. The minimum absolute atomic E-state index is 0.242. The van der Waals surface area contributed by atoms with E-state index < -0.39 is 0 Å². The molecule has 0 radical (unpaired) electrons. The average molecular weight is 353 g/mol. The van der Waals surface area contributed by atoms with Crippen molar-refractivity contribution >= 4 is 57.2 Å². The van der Waals surface area contributed by atoms with Gasteiger partial charge in [-0.2, -0.15) is 0 Å². The number of para-hydroxylation sites is 1. The topological polar surface area (TPSA) is 54.0 Å². The fraction of sp³-hybridized carbons (Fsp3) is 0.0556. The molecule has 3 aromatic rings. The first kappa shape index (κ1) is 16.3. The van der Waals surface area contributed by atoms with Gasteiger partial charge in [0.1, 0.15) is 0 Å². The quantitative estimate of drug-likeness (QED) is 0.549. The second-order valence-corrected chi connectivity index (χ2v) is 6.51. The van der Waals surface area contributed by atoms with E-state index in [2.05, 4.69) is 15.6 Å². The summed E-state index contributed by atoms with van der Waals surface area (Å²) in [5.74, 6) is -0.273. The second-order valence-electron chi connectivity index (χ2n) is 5.12. The molecule has 0 unspecified atom stereocenters. The maximum atomic E-state index is 11.9. The van der Waals surface area contributed by atoms with Crippen LogP contribution < -0.4 is 10.6 Å². The SMILES string of the molecule is Cc1ccc2cccc(NC(=S)NC(=O)/C=C/c3cccs3)c2n1. The zero-order valence-corrected chi connectivity index (χ0v) is 14.6. The maximum Gasteiger partial charge on any atom is 0.250 e. The molecule has 2 aromatic heterocycles. The number of aromatic nitrogens is 1. The van der Waals surface area contributed by atoms with Gasteiger partial charge in [0.15, 0.2) is 5.11 Å². The molecular formula is C18H15N3OS2. The lowest BCUT2D eigenvalue weighted by Crippen LogP contribution is -2.32. The molecule has 24 heavy (non-hydrogen) atoms. The number of thiocarbonyl (C=S) groups is 1. The Bertz CT molecular complexity index is 917. The summed E-state index contributed by atoms with van der Waals surface area (Å²) < 4.78 is 0. The Morgan fingerprint density at radius 2 is 2.08 bits per heavy atom. The Morgan fingerprint density at radius 1 is 1.21 bits per heavy atom. The van der Waals surface area contributed by atoms with Crippen LogP contribution in [0.2, 0.25) is 0 Å². The summed E-state index contributed by atoms with van der Waals surface area (Å²) >= 11 is 6.79. The summed E-state index contributed by atoms with van der Waals surface area (Å²) in [4.78, 5) is 17.5. The monoisotopic (exact) mass is 353 g/mol. The molecular weight excluding hydrogens is 338 g/mol. The largest absolute Gasteiger partial charge is 0.331 e. The number of thiophene rings is 1. The summed E-state index contributed by atoms with van der Waals surface area (Å²) in [7, 11) is 0. The molecule has 0 atom stereocenters. The fourth-order valence-electron chi connectivity index (χ4n) is 2.20. The zero-order valence-electron chi connectivity index (χ0n) is 12.9. The van der Waals surface area contributed by atoms with Crippen LogP contribution in [0, 0.1) is 6.92 Å². The number of anilines is 1. The molecule has 0 aliphatic heterocycles. The fourth-order valence-corrected chi connectivity index (χ4v) is 3.03. The van der Waals surface area contributed by atoms with Crippen LogP contribution in [0.1, 0.15) is 10.6 Å². The van der Waals surface area contributed by atoms with Crippen LogP contribution in [0.15, 0.2) is 53.9 Å². The van der Waals surface area contributed by atoms with Crippen molar-refractivity contribution in [1.82, 2.24) is 10.3 Å². The van der Waals surface area contributed by atoms with E-state index >= 15 is 0 Å². The number of nitrogens with zero attached hydrogens (tertiary/aromatic N) is 1. The molecule has 0 bridgehead atoms. The van der Waals surface area contributed by atoms with Crippen LogP contribution in [0.5, 0.6) is 0 Å². The predicted molar refractivity (Wildman–Crippen MR) is 104 cm³/mol. The number of benzene rings is 1. The minimum atomic E-state index is -0.273. The summed E-state index contributed by atoms with van der Waals surface area (Å²) in [6.07, 6.45) is 3.22. The minimum Gasteiger partial charge on any atom is -0.331 e. The van der Waals surface area contributed by atoms with E-state index in [0.717, 1.165) is 27.2 Å².